The monoisotopic (exact) mass is 425 g/mol. The van der Waals surface area contributed by atoms with Gasteiger partial charge in [0.25, 0.3) is 0 Å². The number of halogens is 1. The molecule has 5 nitrogen and oxygen atoms in total. The van der Waals surface area contributed by atoms with Crippen LogP contribution in [0, 0.1) is 11.7 Å². The summed E-state index contributed by atoms with van der Waals surface area (Å²) in [4.78, 5) is 31.4. The minimum absolute atomic E-state index is 0.0283. The molecule has 0 aliphatic carbocycles. The normalized spacial score (nSPS) is 14.7. The summed E-state index contributed by atoms with van der Waals surface area (Å²) >= 11 is 0. The van der Waals surface area contributed by atoms with Crippen molar-refractivity contribution in [2.75, 3.05) is 38.1 Å². The Morgan fingerprint density at radius 3 is 2.10 bits per heavy atom. The SMILES string of the molecule is CC(C)CC(=O)N(Cc1ccc(F)cc1)c1ccc(CC(=O)N2CCN(C)CC2)cc1. The number of anilines is 1. The molecule has 0 aromatic heterocycles. The molecule has 0 saturated carbocycles. The van der Waals surface area contributed by atoms with Crippen LogP contribution in [0.4, 0.5) is 10.1 Å². The highest BCUT2D eigenvalue weighted by Crippen LogP contribution is 2.21. The van der Waals surface area contributed by atoms with E-state index in [9.17, 15) is 14.0 Å². The number of piperazine rings is 1. The van der Waals surface area contributed by atoms with Gasteiger partial charge in [-0.1, -0.05) is 38.1 Å². The number of carbonyl (C=O) groups is 2. The maximum Gasteiger partial charge on any atom is 0.227 e. The van der Waals surface area contributed by atoms with Gasteiger partial charge in [0.2, 0.25) is 11.8 Å². The average molecular weight is 426 g/mol. The molecule has 2 amide bonds. The lowest BCUT2D eigenvalue weighted by molar-refractivity contribution is -0.132. The Labute approximate surface area is 184 Å². The van der Waals surface area contributed by atoms with E-state index in [0.29, 0.717) is 19.4 Å². The summed E-state index contributed by atoms with van der Waals surface area (Å²) in [7, 11) is 2.07. The second-order valence-corrected chi connectivity index (χ2v) is 8.73. The van der Waals surface area contributed by atoms with Crippen molar-refractivity contribution in [3.8, 4) is 0 Å². The molecule has 1 fully saturated rings. The molecule has 0 N–H and O–H groups in total. The van der Waals surface area contributed by atoms with Crippen LogP contribution in [0.5, 0.6) is 0 Å². The molecule has 6 heteroatoms. The molecule has 0 atom stereocenters. The van der Waals surface area contributed by atoms with Gasteiger partial charge in [0.05, 0.1) is 13.0 Å². The van der Waals surface area contributed by atoms with Crippen LogP contribution in [-0.2, 0) is 22.6 Å². The van der Waals surface area contributed by atoms with E-state index in [2.05, 4.69) is 11.9 Å². The van der Waals surface area contributed by atoms with Crippen molar-refractivity contribution < 1.29 is 14.0 Å². The number of amides is 2. The zero-order valence-corrected chi connectivity index (χ0v) is 18.7. The lowest BCUT2D eigenvalue weighted by atomic mass is 10.1. The maximum absolute atomic E-state index is 13.3. The Morgan fingerprint density at radius 1 is 0.935 bits per heavy atom. The number of hydrogen-bond donors (Lipinski definition) is 0. The zero-order chi connectivity index (χ0) is 22.4. The molecule has 1 aliphatic rings. The Kier molecular flexibility index (Phi) is 7.80. The van der Waals surface area contributed by atoms with E-state index in [4.69, 9.17) is 0 Å². The van der Waals surface area contributed by atoms with Gasteiger partial charge in [0.15, 0.2) is 0 Å². The fourth-order valence-electron chi connectivity index (χ4n) is 3.69. The van der Waals surface area contributed by atoms with Crippen LogP contribution < -0.4 is 4.90 Å². The highest BCUT2D eigenvalue weighted by atomic mass is 19.1. The molecule has 0 unspecified atom stereocenters. The van der Waals surface area contributed by atoms with Crippen molar-refractivity contribution in [2.45, 2.75) is 33.2 Å². The molecule has 0 spiro atoms. The number of likely N-dealkylation sites (N-methyl/N-ethyl adjacent to an activating group) is 1. The average Bonchev–Trinajstić information content (AvgIpc) is 2.74. The molecule has 1 aliphatic heterocycles. The molecular weight excluding hydrogens is 393 g/mol. The lowest BCUT2D eigenvalue weighted by Crippen LogP contribution is -2.47. The van der Waals surface area contributed by atoms with Crippen molar-refractivity contribution in [3.63, 3.8) is 0 Å². The lowest BCUT2D eigenvalue weighted by Gasteiger charge is -2.32. The first-order valence-electron chi connectivity index (χ1n) is 10.9. The van der Waals surface area contributed by atoms with Crippen molar-refractivity contribution in [1.82, 2.24) is 9.80 Å². The fourth-order valence-corrected chi connectivity index (χ4v) is 3.69. The molecule has 1 saturated heterocycles. The Balaban J connectivity index is 1.71. The van der Waals surface area contributed by atoms with Gasteiger partial charge < -0.3 is 14.7 Å². The smallest absolute Gasteiger partial charge is 0.227 e. The van der Waals surface area contributed by atoms with Gasteiger partial charge in [-0.3, -0.25) is 9.59 Å². The van der Waals surface area contributed by atoms with Gasteiger partial charge >= 0.3 is 0 Å². The third-order valence-electron chi connectivity index (χ3n) is 5.60. The molecule has 2 aromatic carbocycles. The first kappa shape index (κ1) is 22.9. The van der Waals surface area contributed by atoms with Gasteiger partial charge in [-0.2, -0.15) is 0 Å². The van der Waals surface area contributed by atoms with E-state index in [-0.39, 0.29) is 23.5 Å². The zero-order valence-electron chi connectivity index (χ0n) is 18.7. The second kappa shape index (κ2) is 10.5. The number of nitrogens with zero attached hydrogens (tertiary/aromatic N) is 3. The van der Waals surface area contributed by atoms with E-state index in [1.54, 1.807) is 17.0 Å². The molecule has 3 rings (SSSR count). The number of rotatable bonds is 7. The molecule has 0 radical (unpaired) electrons. The highest BCUT2D eigenvalue weighted by Gasteiger charge is 2.20. The van der Waals surface area contributed by atoms with Gasteiger partial charge in [0, 0.05) is 38.3 Å². The first-order chi connectivity index (χ1) is 14.8. The third kappa shape index (κ3) is 6.62. The largest absolute Gasteiger partial charge is 0.340 e. The molecule has 166 valence electrons. The van der Waals surface area contributed by atoms with Gasteiger partial charge in [-0.25, -0.2) is 4.39 Å². The third-order valence-corrected chi connectivity index (χ3v) is 5.60. The molecule has 31 heavy (non-hydrogen) atoms. The summed E-state index contributed by atoms with van der Waals surface area (Å²) in [6.45, 7) is 7.75. The van der Waals surface area contributed by atoms with E-state index in [1.165, 1.54) is 12.1 Å². The summed E-state index contributed by atoms with van der Waals surface area (Å²) in [6.07, 6.45) is 0.798. The minimum atomic E-state index is -0.293. The summed E-state index contributed by atoms with van der Waals surface area (Å²) in [5.41, 5.74) is 2.59. The van der Waals surface area contributed by atoms with Crippen LogP contribution in [0.2, 0.25) is 0 Å². The molecule has 1 heterocycles. The van der Waals surface area contributed by atoms with E-state index < -0.39 is 0 Å². The second-order valence-electron chi connectivity index (χ2n) is 8.73. The van der Waals surface area contributed by atoms with Gasteiger partial charge in [-0.15, -0.1) is 0 Å². The highest BCUT2D eigenvalue weighted by molar-refractivity contribution is 5.93. The molecular formula is C25H32FN3O2. The first-order valence-corrected chi connectivity index (χ1v) is 10.9. The Hall–Kier alpha value is -2.73. The number of benzene rings is 2. The van der Waals surface area contributed by atoms with Crippen LogP contribution in [0.25, 0.3) is 0 Å². The summed E-state index contributed by atoms with van der Waals surface area (Å²) in [5, 5.41) is 0. The summed E-state index contributed by atoms with van der Waals surface area (Å²) < 4.78 is 13.3. The maximum atomic E-state index is 13.3. The molecule has 0 bridgehead atoms. The van der Waals surface area contributed by atoms with E-state index in [0.717, 1.165) is 43.0 Å². The van der Waals surface area contributed by atoms with Crippen LogP contribution in [0.15, 0.2) is 48.5 Å². The minimum Gasteiger partial charge on any atom is -0.340 e. The predicted molar refractivity (Wildman–Crippen MR) is 121 cm³/mol. The van der Waals surface area contributed by atoms with E-state index in [1.807, 2.05) is 43.0 Å². The van der Waals surface area contributed by atoms with Gasteiger partial charge in [0.1, 0.15) is 5.82 Å². The standard InChI is InChI=1S/C25H32FN3O2/c1-19(2)16-25(31)29(18-21-4-8-22(26)9-5-21)23-10-6-20(7-11-23)17-24(30)28-14-12-27(3)13-15-28/h4-11,19H,12-18H2,1-3H3. The van der Waals surface area contributed by atoms with Crippen molar-refractivity contribution in [3.05, 3.63) is 65.5 Å². The van der Waals surface area contributed by atoms with Crippen LogP contribution >= 0.6 is 0 Å². The Morgan fingerprint density at radius 2 is 1.52 bits per heavy atom. The topological polar surface area (TPSA) is 43.9 Å². The van der Waals surface area contributed by atoms with Gasteiger partial charge in [-0.05, 0) is 48.4 Å². The summed E-state index contributed by atoms with van der Waals surface area (Å²) in [5.74, 6) is 0.113. The van der Waals surface area contributed by atoms with Crippen LogP contribution in [-0.4, -0.2) is 54.8 Å². The van der Waals surface area contributed by atoms with E-state index >= 15 is 0 Å². The number of carbonyl (C=O) groups excluding carboxylic acids is 2. The van der Waals surface area contributed by atoms with Crippen molar-refractivity contribution in [2.24, 2.45) is 5.92 Å². The van der Waals surface area contributed by atoms with Crippen LogP contribution in [0.3, 0.4) is 0 Å². The quantitative estimate of drug-likeness (QED) is 0.679. The predicted octanol–water partition coefficient (Wildman–Crippen LogP) is 3.72. The van der Waals surface area contributed by atoms with Crippen molar-refractivity contribution >= 4 is 17.5 Å². The van der Waals surface area contributed by atoms with Crippen LogP contribution in [0.1, 0.15) is 31.4 Å². The Bertz CT molecular complexity index is 873. The number of hydrogen-bond acceptors (Lipinski definition) is 3. The molecule has 2 aromatic rings. The summed E-state index contributed by atoms with van der Waals surface area (Å²) in [6, 6.07) is 13.9. The van der Waals surface area contributed by atoms with Crippen molar-refractivity contribution in [1.29, 1.82) is 0 Å². The fraction of sp³-hybridized carbons (Fsp3) is 0.440.